The molecular weight excluding hydrogens is 278 g/mol. The Kier molecular flexibility index (Phi) is 3.18. The van der Waals surface area contributed by atoms with Crippen molar-refractivity contribution in [2.75, 3.05) is 18.4 Å². The Balaban J connectivity index is 1.53. The Bertz CT molecular complexity index is 643. The lowest BCUT2D eigenvalue weighted by Crippen LogP contribution is -2.33. The van der Waals surface area contributed by atoms with Gasteiger partial charge in [-0.1, -0.05) is 0 Å². The van der Waals surface area contributed by atoms with E-state index in [0.29, 0.717) is 24.7 Å². The van der Waals surface area contributed by atoms with Crippen LogP contribution in [0.25, 0.3) is 0 Å². The van der Waals surface area contributed by atoms with E-state index in [4.69, 9.17) is 5.73 Å². The number of hydrogen-bond donors (Lipinski definition) is 2. The molecule has 2 fully saturated rings. The molecule has 22 heavy (non-hydrogen) atoms. The maximum Gasteiger partial charge on any atom is 0.253 e. The van der Waals surface area contributed by atoms with Crippen molar-refractivity contribution in [3.05, 3.63) is 29.3 Å². The summed E-state index contributed by atoms with van der Waals surface area (Å²) in [5.41, 5.74) is 8.77. The summed E-state index contributed by atoms with van der Waals surface area (Å²) < 4.78 is 0. The van der Waals surface area contributed by atoms with Crippen LogP contribution in [-0.2, 0) is 11.2 Å². The number of likely N-dealkylation sites (tertiary alicyclic amines) is 1. The number of benzene rings is 1. The zero-order valence-electron chi connectivity index (χ0n) is 12.5. The fourth-order valence-electron chi connectivity index (χ4n) is 4.17. The first kappa shape index (κ1) is 13.8. The number of fused-ring (bicyclic) bond motifs is 2. The van der Waals surface area contributed by atoms with Gasteiger partial charge in [0.05, 0.1) is 0 Å². The molecule has 4 rings (SSSR count). The molecule has 5 heteroatoms. The van der Waals surface area contributed by atoms with Crippen molar-refractivity contribution in [1.82, 2.24) is 4.90 Å². The minimum absolute atomic E-state index is 0.0490. The molecule has 0 radical (unpaired) electrons. The molecule has 2 amide bonds. The number of amides is 2. The van der Waals surface area contributed by atoms with Gasteiger partial charge in [-0.05, 0) is 54.9 Å². The highest BCUT2D eigenvalue weighted by atomic mass is 16.2. The lowest BCUT2D eigenvalue weighted by atomic mass is 9.98. The maximum atomic E-state index is 12.7. The van der Waals surface area contributed by atoms with E-state index in [9.17, 15) is 9.59 Å². The van der Waals surface area contributed by atoms with Crippen LogP contribution in [0.15, 0.2) is 18.2 Å². The van der Waals surface area contributed by atoms with Crippen molar-refractivity contribution in [1.29, 1.82) is 0 Å². The van der Waals surface area contributed by atoms with Gasteiger partial charge in [0.25, 0.3) is 5.91 Å². The number of anilines is 1. The number of carbonyl (C=O) groups is 2. The number of carbonyl (C=O) groups excluding carboxylic acids is 2. The summed E-state index contributed by atoms with van der Waals surface area (Å²) in [6.07, 6.45) is 3.44. The summed E-state index contributed by atoms with van der Waals surface area (Å²) in [5, 5.41) is 2.85. The van der Waals surface area contributed by atoms with Gasteiger partial charge in [0.15, 0.2) is 0 Å². The highest BCUT2D eigenvalue weighted by Crippen LogP contribution is 2.37. The summed E-state index contributed by atoms with van der Waals surface area (Å²) in [6, 6.07) is 5.86. The lowest BCUT2D eigenvalue weighted by Gasteiger charge is -2.21. The number of nitrogens with one attached hydrogen (secondary N) is 1. The Morgan fingerprint density at radius 3 is 2.91 bits per heavy atom. The van der Waals surface area contributed by atoms with Crippen LogP contribution >= 0.6 is 0 Å². The molecule has 1 aromatic carbocycles. The van der Waals surface area contributed by atoms with Crippen LogP contribution in [0.3, 0.4) is 0 Å². The summed E-state index contributed by atoms with van der Waals surface area (Å²) in [7, 11) is 0. The standard InChI is InChI=1S/C17H21N3O2/c18-14-4-1-12-8-20(9-13(12)14)17(22)11-2-5-15-10(7-11)3-6-16(21)19-15/h2,5,7,12-14H,1,3-4,6,8-9,18H2,(H,19,21). The molecule has 3 atom stereocenters. The quantitative estimate of drug-likeness (QED) is 0.822. The predicted molar refractivity (Wildman–Crippen MR) is 83.5 cm³/mol. The molecule has 2 heterocycles. The molecule has 0 spiro atoms. The van der Waals surface area contributed by atoms with Crippen molar-refractivity contribution in [3.63, 3.8) is 0 Å². The molecule has 5 nitrogen and oxygen atoms in total. The molecule has 3 aliphatic rings. The number of hydrogen-bond acceptors (Lipinski definition) is 3. The summed E-state index contributed by atoms with van der Waals surface area (Å²) in [5.74, 6) is 1.20. The summed E-state index contributed by atoms with van der Waals surface area (Å²) in [6.45, 7) is 1.63. The van der Waals surface area contributed by atoms with Gasteiger partial charge in [-0.3, -0.25) is 9.59 Å². The van der Waals surface area contributed by atoms with Crippen molar-refractivity contribution < 1.29 is 9.59 Å². The van der Waals surface area contributed by atoms with Crippen LogP contribution in [0.4, 0.5) is 5.69 Å². The van der Waals surface area contributed by atoms with Crippen LogP contribution in [0, 0.1) is 11.8 Å². The second-order valence-electron chi connectivity index (χ2n) is 6.80. The molecule has 0 bridgehead atoms. The second kappa shape index (κ2) is 5.09. The van der Waals surface area contributed by atoms with E-state index in [1.165, 1.54) is 0 Å². The second-order valence-corrected chi connectivity index (χ2v) is 6.80. The number of rotatable bonds is 1. The molecule has 1 saturated carbocycles. The molecule has 3 N–H and O–H groups in total. The minimum Gasteiger partial charge on any atom is -0.338 e. The van der Waals surface area contributed by atoms with E-state index in [0.717, 1.165) is 42.7 Å². The van der Waals surface area contributed by atoms with Gasteiger partial charge in [-0.25, -0.2) is 0 Å². The van der Waals surface area contributed by atoms with Gasteiger partial charge in [0, 0.05) is 36.8 Å². The summed E-state index contributed by atoms with van der Waals surface area (Å²) >= 11 is 0. The molecule has 1 aromatic rings. The van der Waals surface area contributed by atoms with Crippen LogP contribution in [0.2, 0.25) is 0 Å². The molecule has 0 aromatic heterocycles. The first-order valence-electron chi connectivity index (χ1n) is 8.09. The average Bonchev–Trinajstić information content (AvgIpc) is 3.08. The van der Waals surface area contributed by atoms with Crippen LogP contribution in [0.5, 0.6) is 0 Å². The Morgan fingerprint density at radius 2 is 2.09 bits per heavy atom. The van der Waals surface area contributed by atoms with Crippen LogP contribution in [-0.4, -0.2) is 35.8 Å². The number of nitrogens with two attached hydrogens (primary N) is 1. The largest absolute Gasteiger partial charge is 0.338 e. The Hall–Kier alpha value is -1.88. The van der Waals surface area contributed by atoms with Gasteiger partial charge in [-0.2, -0.15) is 0 Å². The van der Waals surface area contributed by atoms with Gasteiger partial charge in [0.1, 0.15) is 0 Å². The average molecular weight is 299 g/mol. The molecule has 1 aliphatic carbocycles. The van der Waals surface area contributed by atoms with Gasteiger partial charge >= 0.3 is 0 Å². The third kappa shape index (κ3) is 2.20. The molecule has 116 valence electrons. The first-order valence-corrected chi connectivity index (χ1v) is 8.09. The molecule has 1 saturated heterocycles. The Morgan fingerprint density at radius 1 is 1.23 bits per heavy atom. The third-order valence-corrected chi connectivity index (χ3v) is 5.45. The highest BCUT2D eigenvalue weighted by molar-refractivity contribution is 5.98. The molecule has 3 unspecified atom stereocenters. The normalized spacial score (nSPS) is 30.0. The number of nitrogens with zero attached hydrogens (tertiary/aromatic N) is 1. The smallest absolute Gasteiger partial charge is 0.253 e. The zero-order valence-corrected chi connectivity index (χ0v) is 12.5. The molecule has 2 aliphatic heterocycles. The van der Waals surface area contributed by atoms with E-state index < -0.39 is 0 Å². The predicted octanol–water partition coefficient (Wildman–Crippen LogP) is 1.38. The number of aryl methyl sites for hydroxylation is 1. The SMILES string of the molecule is NC1CCC2CN(C(=O)c3ccc4c(c3)CCC(=O)N4)CC12. The maximum absolute atomic E-state index is 12.7. The highest BCUT2D eigenvalue weighted by Gasteiger charge is 2.42. The van der Waals surface area contributed by atoms with Crippen molar-refractivity contribution in [2.24, 2.45) is 17.6 Å². The van der Waals surface area contributed by atoms with E-state index >= 15 is 0 Å². The first-order chi connectivity index (χ1) is 10.6. The topological polar surface area (TPSA) is 75.4 Å². The minimum atomic E-state index is 0.0490. The monoisotopic (exact) mass is 299 g/mol. The van der Waals surface area contributed by atoms with Gasteiger partial charge < -0.3 is 16.0 Å². The van der Waals surface area contributed by atoms with Gasteiger partial charge in [-0.15, -0.1) is 0 Å². The van der Waals surface area contributed by atoms with E-state index in [1.807, 2.05) is 23.1 Å². The van der Waals surface area contributed by atoms with Crippen LogP contribution < -0.4 is 11.1 Å². The fraction of sp³-hybridized carbons (Fsp3) is 0.529. The zero-order chi connectivity index (χ0) is 15.3. The third-order valence-electron chi connectivity index (χ3n) is 5.45. The van der Waals surface area contributed by atoms with E-state index in [1.54, 1.807) is 0 Å². The van der Waals surface area contributed by atoms with Crippen molar-refractivity contribution >= 4 is 17.5 Å². The van der Waals surface area contributed by atoms with Crippen LogP contribution in [0.1, 0.15) is 35.2 Å². The van der Waals surface area contributed by atoms with E-state index in [2.05, 4.69) is 5.32 Å². The van der Waals surface area contributed by atoms with Crippen molar-refractivity contribution in [3.8, 4) is 0 Å². The molecular formula is C17H21N3O2. The fourth-order valence-corrected chi connectivity index (χ4v) is 4.17. The van der Waals surface area contributed by atoms with Gasteiger partial charge in [0.2, 0.25) is 5.91 Å². The summed E-state index contributed by atoms with van der Waals surface area (Å²) in [4.78, 5) is 26.1. The van der Waals surface area contributed by atoms with E-state index in [-0.39, 0.29) is 17.9 Å². The lowest BCUT2D eigenvalue weighted by molar-refractivity contribution is -0.116. The Labute approximate surface area is 129 Å². The van der Waals surface area contributed by atoms with Crippen molar-refractivity contribution in [2.45, 2.75) is 31.7 Å².